The molecule has 6 nitrogen and oxygen atoms in total. The summed E-state index contributed by atoms with van der Waals surface area (Å²) in [6.45, 7) is 5.49. The number of cyclic esters (lactones) is 1. The molecular weight excluding hydrogens is 226 g/mol. The number of imide groups is 1. The van der Waals surface area contributed by atoms with Gasteiger partial charge in [0.25, 0.3) is 0 Å². The summed E-state index contributed by atoms with van der Waals surface area (Å²) in [5, 5.41) is 0. The van der Waals surface area contributed by atoms with Crippen molar-refractivity contribution in [3.05, 3.63) is 0 Å². The third-order valence-corrected chi connectivity index (χ3v) is 2.50. The molecule has 1 atom stereocenters. The summed E-state index contributed by atoms with van der Waals surface area (Å²) >= 11 is 0. The lowest BCUT2D eigenvalue weighted by molar-refractivity contribution is -0.151. The minimum Gasteiger partial charge on any atom is -0.462 e. The molecule has 0 saturated carbocycles. The van der Waals surface area contributed by atoms with E-state index in [0.717, 1.165) is 4.90 Å². The molecule has 1 heterocycles. The second-order valence-corrected chi connectivity index (χ2v) is 4.26. The average molecular weight is 243 g/mol. The van der Waals surface area contributed by atoms with Crippen LogP contribution in [0.2, 0.25) is 0 Å². The van der Waals surface area contributed by atoms with Crippen molar-refractivity contribution in [2.45, 2.75) is 33.3 Å². The fourth-order valence-electron chi connectivity index (χ4n) is 1.53. The van der Waals surface area contributed by atoms with Gasteiger partial charge in [-0.3, -0.25) is 9.59 Å². The summed E-state index contributed by atoms with van der Waals surface area (Å²) in [5.74, 6) is -0.783. The van der Waals surface area contributed by atoms with Crippen molar-refractivity contribution in [1.29, 1.82) is 0 Å². The normalized spacial score (nSPS) is 16.9. The van der Waals surface area contributed by atoms with Crippen LogP contribution in [0.5, 0.6) is 0 Å². The number of rotatable bonds is 4. The van der Waals surface area contributed by atoms with Crippen molar-refractivity contribution in [1.82, 2.24) is 4.90 Å². The third-order valence-electron chi connectivity index (χ3n) is 2.50. The predicted molar refractivity (Wildman–Crippen MR) is 58.1 cm³/mol. The Balaban J connectivity index is 2.57. The van der Waals surface area contributed by atoms with Crippen LogP contribution in [-0.4, -0.2) is 42.1 Å². The Morgan fingerprint density at radius 3 is 2.53 bits per heavy atom. The van der Waals surface area contributed by atoms with Crippen LogP contribution in [0.3, 0.4) is 0 Å². The van der Waals surface area contributed by atoms with E-state index < -0.39 is 18.2 Å². The number of esters is 1. The fraction of sp³-hybridized carbons (Fsp3) is 0.727. The molecule has 0 bridgehead atoms. The van der Waals surface area contributed by atoms with E-state index in [4.69, 9.17) is 4.74 Å². The van der Waals surface area contributed by atoms with E-state index in [1.165, 1.54) is 6.92 Å². The maximum absolute atomic E-state index is 11.8. The molecule has 1 unspecified atom stereocenters. The van der Waals surface area contributed by atoms with Crippen molar-refractivity contribution in [2.75, 3.05) is 13.2 Å². The summed E-state index contributed by atoms with van der Waals surface area (Å²) in [4.78, 5) is 34.9. The Morgan fingerprint density at radius 2 is 2.12 bits per heavy atom. The molecule has 0 aliphatic carbocycles. The lowest BCUT2D eigenvalue weighted by Crippen LogP contribution is -2.36. The summed E-state index contributed by atoms with van der Waals surface area (Å²) in [6.07, 6.45) is -1.12. The van der Waals surface area contributed by atoms with Crippen molar-refractivity contribution in [2.24, 2.45) is 5.92 Å². The zero-order valence-corrected chi connectivity index (χ0v) is 10.3. The first-order valence-electron chi connectivity index (χ1n) is 5.56. The van der Waals surface area contributed by atoms with Gasteiger partial charge >= 0.3 is 12.1 Å². The minimum atomic E-state index is -0.625. The van der Waals surface area contributed by atoms with Crippen molar-refractivity contribution in [3.63, 3.8) is 0 Å². The SMILES string of the molecule is CC(=O)OC(CC(=O)N1CCOC1=O)C(C)C. The van der Waals surface area contributed by atoms with E-state index in [-0.39, 0.29) is 31.4 Å². The van der Waals surface area contributed by atoms with Gasteiger partial charge in [0.05, 0.1) is 13.0 Å². The molecule has 96 valence electrons. The molecule has 1 aliphatic heterocycles. The molecule has 1 saturated heterocycles. The number of nitrogens with zero attached hydrogens (tertiary/aromatic N) is 1. The predicted octanol–water partition coefficient (Wildman–Crippen LogP) is 0.943. The number of ether oxygens (including phenoxy) is 2. The topological polar surface area (TPSA) is 72.9 Å². The Morgan fingerprint density at radius 1 is 1.47 bits per heavy atom. The molecule has 0 spiro atoms. The quantitative estimate of drug-likeness (QED) is 0.687. The van der Waals surface area contributed by atoms with Gasteiger partial charge in [0, 0.05) is 6.92 Å². The first-order valence-corrected chi connectivity index (χ1v) is 5.56. The van der Waals surface area contributed by atoms with Gasteiger partial charge in [-0.1, -0.05) is 13.8 Å². The van der Waals surface area contributed by atoms with Crippen molar-refractivity contribution >= 4 is 18.0 Å². The maximum atomic E-state index is 11.8. The minimum absolute atomic E-state index is 0.00630. The molecule has 0 aromatic heterocycles. The summed E-state index contributed by atoms with van der Waals surface area (Å²) < 4.78 is 9.71. The van der Waals surface area contributed by atoms with Crippen LogP contribution in [0.1, 0.15) is 27.2 Å². The van der Waals surface area contributed by atoms with Crippen molar-refractivity contribution < 1.29 is 23.9 Å². The number of carbonyl (C=O) groups excluding carboxylic acids is 3. The number of amides is 2. The monoisotopic (exact) mass is 243 g/mol. The standard InChI is InChI=1S/C11H17NO5/c1-7(2)9(17-8(3)13)6-10(14)12-4-5-16-11(12)15/h7,9H,4-6H2,1-3H3. The Hall–Kier alpha value is -1.59. The third kappa shape index (κ3) is 3.72. The zero-order chi connectivity index (χ0) is 13.0. The highest BCUT2D eigenvalue weighted by Crippen LogP contribution is 2.15. The van der Waals surface area contributed by atoms with Gasteiger partial charge in [0.1, 0.15) is 12.7 Å². The summed E-state index contributed by atoms with van der Waals surface area (Å²) in [7, 11) is 0. The van der Waals surface area contributed by atoms with Gasteiger partial charge < -0.3 is 9.47 Å². The maximum Gasteiger partial charge on any atom is 0.416 e. The molecule has 0 aromatic carbocycles. The number of carbonyl (C=O) groups is 3. The second kappa shape index (κ2) is 5.65. The highest BCUT2D eigenvalue weighted by Gasteiger charge is 2.31. The second-order valence-electron chi connectivity index (χ2n) is 4.26. The van der Waals surface area contributed by atoms with E-state index in [1.54, 1.807) is 0 Å². The fourth-order valence-corrected chi connectivity index (χ4v) is 1.53. The highest BCUT2D eigenvalue weighted by molar-refractivity contribution is 5.93. The van der Waals surface area contributed by atoms with E-state index in [2.05, 4.69) is 4.74 Å². The van der Waals surface area contributed by atoms with E-state index in [1.807, 2.05) is 13.8 Å². The molecule has 0 N–H and O–H groups in total. The molecule has 6 heteroatoms. The van der Waals surface area contributed by atoms with Gasteiger partial charge in [-0.2, -0.15) is 0 Å². The molecule has 1 fully saturated rings. The Bertz CT molecular complexity index is 326. The van der Waals surface area contributed by atoms with Crippen LogP contribution in [0.4, 0.5) is 4.79 Å². The molecule has 1 rings (SSSR count). The van der Waals surface area contributed by atoms with Crippen LogP contribution >= 0.6 is 0 Å². The van der Waals surface area contributed by atoms with Crippen molar-refractivity contribution in [3.8, 4) is 0 Å². The molecule has 1 aliphatic rings. The summed E-state index contributed by atoms with van der Waals surface area (Å²) in [5.41, 5.74) is 0. The lowest BCUT2D eigenvalue weighted by atomic mass is 10.0. The Kier molecular flexibility index (Phi) is 4.48. The smallest absolute Gasteiger partial charge is 0.416 e. The van der Waals surface area contributed by atoms with E-state index in [9.17, 15) is 14.4 Å². The average Bonchev–Trinajstić information content (AvgIpc) is 2.62. The van der Waals surface area contributed by atoms with E-state index >= 15 is 0 Å². The molecular formula is C11H17NO5. The summed E-state index contributed by atoms with van der Waals surface area (Å²) in [6, 6.07) is 0. The molecule has 0 aromatic rings. The molecule has 2 amide bonds. The van der Waals surface area contributed by atoms with Crippen LogP contribution in [0, 0.1) is 5.92 Å². The van der Waals surface area contributed by atoms with Gasteiger partial charge in [-0.15, -0.1) is 0 Å². The molecule has 17 heavy (non-hydrogen) atoms. The first kappa shape index (κ1) is 13.5. The number of hydrogen-bond acceptors (Lipinski definition) is 5. The zero-order valence-electron chi connectivity index (χ0n) is 10.3. The van der Waals surface area contributed by atoms with Crippen LogP contribution in [0.15, 0.2) is 0 Å². The van der Waals surface area contributed by atoms with E-state index in [0.29, 0.717) is 0 Å². The highest BCUT2D eigenvalue weighted by atomic mass is 16.6. The number of hydrogen-bond donors (Lipinski definition) is 0. The van der Waals surface area contributed by atoms with Crippen LogP contribution in [-0.2, 0) is 19.1 Å². The van der Waals surface area contributed by atoms with Gasteiger partial charge in [0.15, 0.2) is 0 Å². The van der Waals surface area contributed by atoms with Gasteiger partial charge in [-0.05, 0) is 5.92 Å². The lowest BCUT2D eigenvalue weighted by Gasteiger charge is -2.21. The van der Waals surface area contributed by atoms with Crippen LogP contribution in [0.25, 0.3) is 0 Å². The van der Waals surface area contributed by atoms with Crippen LogP contribution < -0.4 is 0 Å². The molecule has 0 radical (unpaired) electrons. The Labute approximate surface area is 99.9 Å². The van der Waals surface area contributed by atoms with Gasteiger partial charge in [-0.25, -0.2) is 9.69 Å². The first-order chi connectivity index (χ1) is 7.91. The largest absolute Gasteiger partial charge is 0.462 e. The van der Waals surface area contributed by atoms with Gasteiger partial charge in [0.2, 0.25) is 5.91 Å².